The Labute approximate surface area is 186 Å². The molecule has 0 saturated carbocycles. The van der Waals surface area contributed by atoms with E-state index in [1.54, 1.807) is 13.0 Å². The number of sulfonamides is 1. The molecule has 0 aromatic heterocycles. The molecular formula is C22H37N3O5S. The van der Waals surface area contributed by atoms with Crippen LogP contribution in [0.15, 0.2) is 17.0 Å². The minimum Gasteiger partial charge on any atom is -0.493 e. The number of hydrogen-bond donors (Lipinski definition) is 1. The number of benzene rings is 1. The van der Waals surface area contributed by atoms with Crippen LogP contribution in [0.25, 0.3) is 0 Å². The highest BCUT2D eigenvalue weighted by atomic mass is 32.2. The lowest BCUT2D eigenvalue weighted by Crippen LogP contribution is -2.46. The molecule has 31 heavy (non-hydrogen) atoms. The standard InChI is InChI=1S/C22H37N3O5S/c1-16-12-18(29-6)19(30-7)13-20(16)31(27,28)25-10-8-17(9-11-25)21(26)23-14-22(2,3)15-24(4)5/h12-13,17H,8-11,14-15H2,1-7H3,(H,23,26). The summed E-state index contributed by atoms with van der Waals surface area (Å²) in [5, 5.41) is 3.06. The third-order valence-corrected chi connectivity index (χ3v) is 7.65. The van der Waals surface area contributed by atoms with Gasteiger partial charge in [-0.1, -0.05) is 13.8 Å². The minimum atomic E-state index is -3.69. The van der Waals surface area contributed by atoms with Gasteiger partial charge >= 0.3 is 0 Å². The zero-order chi connectivity index (χ0) is 23.4. The van der Waals surface area contributed by atoms with Crippen LogP contribution >= 0.6 is 0 Å². The number of rotatable bonds is 9. The van der Waals surface area contributed by atoms with E-state index in [2.05, 4.69) is 24.1 Å². The van der Waals surface area contributed by atoms with Gasteiger partial charge < -0.3 is 19.7 Å². The number of nitrogens with one attached hydrogen (secondary N) is 1. The van der Waals surface area contributed by atoms with Crippen LogP contribution in [0.1, 0.15) is 32.3 Å². The molecule has 176 valence electrons. The zero-order valence-corrected chi connectivity index (χ0v) is 20.6. The molecule has 2 rings (SSSR count). The van der Waals surface area contributed by atoms with Gasteiger partial charge in [0.2, 0.25) is 15.9 Å². The van der Waals surface area contributed by atoms with E-state index >= 15 is 0 Å². The fraction of sp³-hybridized carbons (Fsp3) is 0.682. The fourth-order valence-electron chi connectivity index (χ4n) is 4.12. The van der Waals surface area contributed by atoms with E-state index in [4.69, 9.17) is 9.47 Å². The fourth-order valence-corrected chi connectivity index (χ4v) is 5.81. The molecular weight excluding hydrogens is 418 g/mol. The summed E-state index contributed by atoms with van der Waals surface area (Å²) in [5.74, 6) is 0.701. The molecule has 1 saturated heterocycles. The lowest BCUT2D eigenvalue weighted by atomic mass is 9.91. The second kappa shape index (κ2) is 10.2. The molecule has 0 spiro atoms. The van der Waals surface area contributed by atoms with E-state index in [0.29, 0.717) is 49.5 Å². The molecule has 0 bridgehead atoms. The molecule has 1 aromatic carbocycles. The van der Waals surface area contributed by atoms with Crippen molar-refractivity contribution in [2.75, 3.05) is 54.5 Å². The molecule has 1 aromatic rings. The van der Waals surface area contributed by atoms with Gasteiger partial charge in [-0.25, -0.2) is 8.42 Å². The Morgan fingerprint density at radius 1 is 1.16 bits per heavy atom. The number of piperidine rings is 1. The van der Waals surface area contributed by atoms with Crippen LogP contribution in [-0.2, 0) is 14.8 Å². The highest BCUT2D eigenvalue weighted by Crippen LogP contribution is 2.34. The van der Waals surface area contributed by atoms with Crippen LogP contribution in [0, 0.1) is 18.3 Å². The van der Waals surface area contributed by atoms with Crippen molar-refractivity contribution in [3.05, 3.63) is 17.7 Å². The monoisotopic (exact) mass is 455 g/mol. The third kappa shape index (κ3) is 6.33. The number of amides is 1. The van der Waals surface area contributed by atoms with Crippen molar-refractivity contribution in [1.82, 2.24) is 14.5 Å². The molecule has 8 nitrogen and oxygen atoms in total. The van der Waals surface area contributed by atoms with Crippen LogP contribution in [0.2, 0.25) is 0 Å². The molecule has 1 heterocycles. The van der Waals surface area contributed by atoms with Crippen LogP contribution in [0.3, 0.4) is 0 Å². The first-order valence-corrected chi connectivity index (χ1v) is 12.0. The van der Waals surface area contributed by atoms with Crippen LogP contribution < -0.4 is 14.8 Å². The third-order valence-electron chi connectivity index (χ3n) is 5.61. The second-order valence-electron chi connectivity index (χ2n) is 9.27. The lowest BCUT2D eigenvalue weighted by molar-refractivity contribution is -0.126. The molecule has 0 atom stereocenters. The Balaban J connectivity index is 2.03. The van der Waals surface area contributed by atoms with E-state index in [1.807, 2.05) is 14.1 Å². The number of nitrogens with zero attached hydrogens (tertiary/aromatic N) is 2. The summed E-state index contributed by atoms with van der Waals surface area (Å²) in [6.07, 6.45) is 1.01. The van der Waals surface area contributed by atoms with E-state index in [1.165, 1.54) is 24.6 Å². The summed E-state index contributed by atoms with van der Waals surface area (Å²) in [4.78, 5) is 15.0. The summed E-state index contributed by atoms with van der Waals surface area (Å²) >= 11 is 0. The molecule has 1 aliphatic heterocycles. The largest absolute Gasteiger partial charge is 0.493 e. The van der Waals surface area contributed by atoms with E-state index < -0.39 is 10.0 Å². The van der Waals surface area contributed by atoms with Gasteiger partial charge in [0, 0.05) is 38.2 Å². The van der Waals surface area contributed by atoms with Gasteiger partial charge in [0.25, 0.3) is 0 Å². The average Bonchev–Trinajstić information content (AvgIpc) is 2.70. The first kappa shape index (κ1) is 25.4. The maximum Gasteiger partial charge on any atom is 0.243 e. The van der Waals surface area contributed by atoms with Gasteiger partial charge in [-0.15, -0.1) is 0 Å². The summed E-state index contributed by atoms with van der Waals surface area (Å²) in [6.45, 7) is 8.07. The molecule has 0 radical (unpaired) electrons. The highest BCUT2D eigenvalue weighted by molar-refractivity contribution is 7.89. The Kier molecular flexibility index (Phi) is 8.35. The van der Waals surface area contributed by atoms with E-state index in [9.17, 15) is 13.2 Å². The predicted octanol–water partition coefficient (Wildman–Crippen LogP) is 2.12. The number of ether oxygens (including phenoxy) is 2. The van der Waals surface area contributed by atoms with Crippen LogP contribution in [0.4, 0.5) is 0 Å². The van der Waals surface area contributed by atoms with Gasteiger partial charge in [0.05, 0.1) is 19.1 Å². The van der Waals surface area contributed by atoms with Crippen LogP contribution in [0.5, 0.6) is 11.5 Å². The lowest BCUT2D eigenvalue weighted by Gasteiger charge is -2.32. The molecule has 1 amide bonds. The SMILES string of the molecule is COc1cc(C)c(S(=O)(=O)N2CCC(C(=O)NCC(C)(C)CN(C)C)CC2)cc1OC. The molecule has 0 aliphatic carbocycles. The normalized spacial score (nSPS) is 16.4. The van der Waals surface area contributed by atoms with Crippen molar-refractivity contribution in [3.63, 3.8) is 0 Å². The first-order valence-electron chi connectivity index (χ1n) is 10.6. The Bertz CT molecular complexity index is 875. The maximum atomic E-state index is 13.2. The number of aryl methyl sites for hydroxylation is 1. The molecule has 1 fully saturated rings. The smallest absolute Gasteiger partial charge is 0.243 e. The molecule has 1 aliphatic rings. The quantitative estimate of drug-likeness (QED) is 0.614. The van der Waals surface area contributed by atoms with Gasteiger partial charge in [0.1, 0.15) is 0 Å². The summed E-state index contributed by atoms with van der Waals surface area (Å²) in [5.41, 5.74) is 0.564. The average molecular weight is 456 g/mol. The van der Waals surface area contributed by atoms with Crippen molar-refractivity contribution in [2.45, 2.75) is 38.5 Å². The van der Waals surface area contributed by atoms with Crippen molar-refractivity contribution in [3.8, 4) is 11.5 Å². The first-order chi connectivity index (χ1) is 14.4. The number of methoxy groups -OCH3 is 2. The number of carbonyl (C=O) groups is 1. The summed E-state index contributed by atoms with van der Waals surface area (Å²) in [7, 11) is 3.34. The molecule has 9 heteroatoms. The van der Waals surface area contributed by atoms with Crippen molar-refractivity contribution in [1.29, 1.82) is 0 Å². The Morgan fingerprint density at radius 3 is 2.23 bits per heavy atom. The topological polar surface area (TPSA) is 88.2 Å². The highest BCUT2D eigenvalue weighted by Gasteiger charge is 2.34. The number of hydrogen-bond acceptors (Lipinski definition) is 6. The van der Waals surface area contributed by atoms with Crippen LogP contribution in [-0.4, -0.2) is 78.0 Å². The Hall–Kier alpha value is -1.84. The van der Waals surface area contributed by atoms with Gasteiger partial charge in [0.15, 0.2) is 11.5 Å². The number of carbonyl (C=O) groups excluding carboxylic acids is 1. The molecule has 1 N–H and O–H groups in total. The molecule has 0 unspecified atom stereocenters. The van der Waals surface area contributed by atoms with E-state index in [0.717, 1.165) is 6.54 Å². The Morgan fingerprint density at radius 2 is 1.71 bits per heavy atom. The van der Waals surface area contributed by atoms with Crippen molar-refractivity contribution in [2.24, 2.45) is 11.3 Å². The van der Waals surface area contributed by atoms with Crippen molar-refractivity contribution >= 4 is 15.9 Å². The van der Waals surface area contributed by atoms with Gasteiger partial charge in [-0.3, -0.25) is 4.79 Å². The van der Waals surface area contributed by atoms with E-state index in [-0.39, 0.29) is 22.1 Å². The minimum absolute atomic E-state index is 0.00572. The second-order valence-corrected chi connectivity index (χ2v) is 11.2. The zero-order valence-electron chi connectivity index (χ0n) is 19.8. The summed E-state index contributed by atoms with van der Waals surface area (Å²) < 4.78 is 38.5. The predicted molar refractivity (Wildman–Crippen MR) is 121 cm³/mol. The van der Waals surface area contributed by atoms with Crippen molar-refractivity contribution < 1.29 is 22.7 Å². The summed E-state index contributed by atoms with van der Waals surface area (Å²) in [6, 6.07) is 3.18. The van der Waals surface area contributed by atoms with Gasteiger partial charge in [-0.2, -0.15) is 4.31 Å². The maximum absolute atomic E-state index is 13.2. The van der Waals surface area contributed by atoms with Gasteiger partial charge in [-0.05, 0) is 50.9 Å².